The summed E-state index contributed by atoms with van der Waals surface area (Å²) in [6.07, 6.45) is 5.68. The summed E-state index contributed by atoms with van der Waals surface area (Å²) in [5, 5.41) is 0. The molecule has 0 amide bonds. The summed E-state index contributed by atoms with van der Waals surface area (Å²) < 4.78 is 0. The monoisotopic (exact) mass is 198 g/mol. The van der Waals surface area contributed by atoms with E-state index in [1.165, 1.54) is 25.7 Å². The average molecular weight is 199 g/mol. The first-order valence-corrected chi connectivity index (χ1v) is 4.54. The fraction of sp³-hybridized carbons (Fsp3) is 0.900. The van der Waals surface area contributed by atoms with Gasteiger partial charge in [-0.05, 0) is 5.92 Å². The predicted octanol–water partition coefficient (Wildman–Crippen LogP) is 0.0502. The third kappa shape index (κ3) is 4.93. The Labute approximate surface area is 99.4 Å². The molecule has 0 aliphatic heterocycles. The van der Waals surface area contributed by atoms with Crippen molar-refractivity contribution in [2.75, 3.05) is 0 Å². The molecule has 0 atom stereocenters. The van der Waals surface area contributed by atoms with Gasteiger partial charge in [0.1, 0.15) is 0 Å². The Balaban J connectivity index is 0. The van der Waals surface area contributed by atoms with Gasteiger partial charge in [0.15, 0.2) is 0 Å². The molecule has 68 valence electrons. The minimum atomic E-state index is 0. The van der Waals surface area contributed by atoms with Crippen LogP contribution in [0.3, 0.4) is 0 Å². The van der Waals surface area contributed by atoms with Crippen LogP contribution in [0.15, 0.2) is 0 Å². The molecule has 1 fully saturated rings. The summed E-state index contributed by atoms with van der Waals surface area (Å²) in [4.78, 5) is 0. The van der Waals surface area contributed by atoms with Crippen LogP contribution in [0.5, 0.6) is 0 Å². The summed E-state index contributed by atoms with van der Waals surface area (Å²) in [5.74, 6) is 3.63. The molecule has 1 aliphatic rings. The smallest absolute Gasteiger partial charge is 1.00 e. The standard InChI is InChI=1S/C10H19.ClH.Mg/c1-8(2)10-6-4-9(3)5-7-10;;/h8-9H,4-7H2,1-3H3;1H;/q-1;;+2/p-1. The largest absolute Gasteiger partial charge is 2.00 e. The summed E-state index contributed by atoms with van der Waals surface area (Å²) >= 11 is 0. The zero-order chi connectivity index (χ0) is 7.56. The summed E-state index contributed by atoms with van der Waals surface area (Å²) in [6, 6.07) is 0. The van der Waals surface area contributed by atoms with Crippen LogP contribution in [-0.2, 0) is 0 Å². The normalized spacial score (nSPS) is 20.0. The van der Waals surface area contributed by atoms with Crippen molar-refractivity contribution in [2.45, 2.75) is 46.5 Å². The molecule has 0 radical (unpaired) electrons. The van der Waals surface area contributed by atoms with Gasteiger partial charge >= 0.3 is 23.1 Å². The second kappa shape index (κ2) is 7.46. The van der Waals surface area contributed by atoms with Crippen molar-refractivity contribution in [1.29, 1.82) is 0 Å². The van der Waals surface area contributed by atoms with Gasteiger partial charge < -0.3 is 18.3 Å². The van der Waals surface area contributed by atoms with Gasteiger partial charge in [-0.3, -0.25) is 0 Å². The zero-order valence-corrected chi connectivity index (χ0v) is 10.7. The van der Waals surface area contributed by atoms with Crippen LogP contribution in [-0.4, -0.2) is 23.1 Å². The Morgan fingerprint density at radius 3 is 1.92 bits per heavy atom. The Hall–Kier alpha value is 1.06. The third-order valence-corrected chi connectivity index (χ3v) is 2.73. The molecule has 0 aromatic carbocycles. The van der Waals surface area contributed by atoms with Crippen molar-refractivity contribution in [3.63, 3.8) is 0 Å². The van der Waals surface area contributed by atoms with Crippen LogP contribution in [0.4, 0.5) is 0 Å². The van der Waals surface area contributed by atoms with E-state index in [1.54, 1.807) is 5.92 Å². The SMILES string of the molecule is CC1CC[C-](C(C)C)CC1.[Cl-].[Mg+2]. The van der Waals surface area contributed by atoms with Gasteiger partial charge in [0.2, 0.25) is 0 Å². The van der Waals surface area contributed by atoms with Gasteiger partial charge in [-0.15, -0.1) is 0 Å². The predicted molar refractivity (Wildman–Crippen MR) is 51.5 cm³/mol. The molecule has 0 spiro atoms. The van der Waals surface area contributed by atoms with Gasteiger partial charge in [0.05, 0.1) is 0 Å². The van der Waals surface area contributed by atoms with E-state index in [0.29, 0.717) is 0 Å². The molecule has 12 heavy (non-hydrogen) atoms. The van der Waals surface area contributed by atoms with Crippen molar-refractivity contribution in [1.82, 2.24) is 0 Å². The van der Waals surface area contributed by atoms with Crippen molar-refractivity contribution in [3.8, 4) is 0 Å². The van der Waals surface area contributed by atoms with E-state index in [2.05, 4.69) is 20.8 Å². The fourth-order valence-electron chi connectivity index (χ4n) is 1.71. The zero-order valence-electron chi connectivity index (χ0n) is 8.57. The molecular formula is C10H19ClMg. The topological polar surface area (TPSA) is 0 Å². The van der Waals surface area contributed by atoms with Crippen LogP contribution in [0.2, 0.25) is 0 Å². The van der Waals surface area contributed by atoms with Crippen molar-refractivity contribution < 1.29 is 12.4 Å². The Bertz CT molecular complexity index is 96.0. The van der Waals surface area contributed by atoms with Gasteiger partial charge in [-0.1, -0.05) is 33.6 Å². The number of hydrogen-bond donors (Lipinski definition) is 0. The molecule has 0 unspecified atom stereocenters. The second-order valence-electron chi connectivity index (χ2n) is 4.00. The first-order valence-electron chi connectivity index (χ1n) is 4.54. The maximum atomic E-state index is 2.37. The molecular weight excluding hydrogens is 180 g/mol. The first-order chi connectivity index (χ1) is 4.70. The Morgan fingerprint density at radius 1 is 1.17 bits per heavy atom. The molecule has 0 aromatic rings. The maximum absolute atomic E-state index is 2.37. The van der Waals surface area contributed by atoms with Crippen LogP contribution >= 0.6 is 0 Å². The molecule has 0 nitrogen and oxygen atoms in total. The van der Waals surface area contributed by atoms with E-state index in [9.17, 15) is 0 Å². The van der Waals surface area contributed by atoms with Crippen LogP contribution in [0, 0.1) is 17.8 Å². The van der Waals surface area contributed by atoms with E-state index in [4.69, 9.17) is 0 Å². The first kappa shape index (κ1) is 15.5. The average Bonchev–Trinajstić information content (AvgIpc) is 1.88. The molecule has 2 heteroatoms. The Morgan fingerprint density at radius 2 is 1.58 bits per heavy atom. The molecule has 0 N–H and O–H groups in total. The molecule has 1 aliphatic carbocycles. The van der Waals surface area contributed by atoms with Crippen LogP contribution in [0.25, 0.3) is 0 Å². The molecule has 0 aromatic heterocycles. The molecule has 0 saturated heterocycles. The van der Waals surface area contributed by atoms with E-state index < -0.39 is 0 Å². The third-order valence-electron chi connectivity index (χ3n) is 2.73. The molecule has 1 rings (SSSR count). The summed E-state index contributed by atoms with van der Waals surface area (Å²) in [6.45, 7) is 7.02. The van der Waals surface area contributed by atoms with E-state index >= 15 is 0 Å². The van der Waals surface area contributed by atoms with Gasteiger partial charge in [0, 0.05) is 0 Å². The number of hydrogen-bond acceptors (Lipinski definition) is 0. The van der Waals surface area contributed by atoms with Gasteiger partial charge in [0.25, 0.3) is 0 Å². The molecule has 0 bridgehead atoms. The van der Waals surface area contributed by atoms with Crippen LogP contribution in [0.1, 0.15) is 46.5 Å². The minimum Gasteiger partial charge on any atom is -1.00 e. The van der Waals surface area contributed by atoms with E-state index in [0.717, 1.165) is 11.8 Å². The molecule has 1 saturated carbocycles. The number of rotatable bonds is 1. The quantitative estimate of drug-likeness (QED) is 0.413. The minimum absolute atomic E-state index is 0. The summed E-state index contributed by atoms with van der Waals surface area (Å²) in [5.41, 5.74) is 0. The van der Waals surface area contributed by atoms with E-state index in [-0.39, 0.29) is 35.5 Å². The van der Waals surface area contributed by atoms with Crippen molar-refractivity contribution in [2.24, 2.45) is 11.8 Å². The van der Waals surface area contributed by atoms with Gasteiger partial charge in [-0.25, -0.2) is 0 Å². The Kier molecular flexibility index (Phi) is 9.65. The second-order valence-corrected chi connectivity index (χ2v) is 4.00. The van der Waals surface area contributed by atoms with Crippen molar-refractivity contribution in [3.05, 3.63) is 5.92 Å². The van der Waals surface area contributed by atoms with Gasteiger partial charge in [-0.2, -0.15) is 18.8 Å². The molecule has 0 heterocycles. The van der Waals surface area contributed by atoms with Crippen LogP contribution < -0.4 is 12.4 Å². The summed E-state index contributed by atoms with van der Waals surface area (Å²) in [7, 11) is 0. The van der Waals surface area contributed by atoms with Crippen molar-refractivity contribution >= 4 is 23.1 Å². The van der Waals surface area contributed by atoms with E-state index in [1.807, 2.05) is 0 Å². The number of halogens is 1. The fourth-order valence-corrected chi connectivity index (χ4v) is 1.71. The maximum Gasteiger partial charge on any atom is 2.00 e.